The highest BCUT2D eigenvalue weighted by molar-refractivity contribution is 5.91. The van der Waals surface area contributed by atoms with E-state index >= 15 is 0 Å². The van der Waals surface area contributed by atoms with E-state index in [0.29, 0.717) is 12.2 Å². The van der Waals surface area contributed by atoms with Gasteiger partial charge in [-0.15, -0.1) is 0 Å². The number of pyridine rings is 1. The van der Waals surface area contributed by atoms with Crippen LogP contribution in [-0.2, 0) is 11.2 Å². The van der Waals surface area contributed by atoms with E-state index in [4.69, 9.17) is 9.15 Å². The van der Waals surface area contributed by atoms with E-state index in [2.05, 4.69) is 11.9 Å². The molecule has 0 aliphatic rings. The predicted molar refractivity (Wildman–Crippen MR) is 76.6 cm³/mol. The van der Waals surface area contributed by atoms with Crippen LogP contribution in [0.25, 0.3) is 11.5 Å². The molecule has 0 atom stereocenters. The van der Waals surface area contributed by atoms with Gasteiger partial charge in [-0.1, -0.05) is 13.3 Å². The van der Waals surface area contributed by atoms with Gasteiger partial charge in [0.05, 0.1) is 24.1 Å². The second-order valence-corrected chi connectivity index (χ2v) is 4.60. The standard InChI is InChI=1S/C16H19NO3/c1-4-7-13-12(16(18)19-5-2)10-11(3)15(17-13)14-8-6-9-20-14/h6,8-10H,4-5,7H2,1-3H3. The molecule has 0 saturated heterocycles. The average Bonchev–Trinajstić information content (AvgIpc) is 2.94. The number of aromatic nitrogens is 1. The van der Waals surface area contributed by atoms with Crippen molar-refractivity contribution in [3.05, 3.63) is 41.3 Å². The van der Waals surface area contributed by atoms with Crippen molar-refractivity contribution in [1.29, 1.82) is 0 Å². The van der Waals surface area contributed by atoms with Gasteiger partial charge < -0.3 is 9.15 Å². The first-order valence-electron chi connectivity index (χ1n) is 6.88. The van der Waals surface area contributed by atoms with Crippen molar-refractivity contribution in [2.45, 2.75) is 33.6 Å². The van der Waals surface area contributed by atoms with E-state index < -0.39 is 0 Å². The third-order valence-electron chi connectivity index (χ3n) is 3.03. The Morgan fingerprint density at radius 1 is 1.40 bits per heavy atom. The molecule has 0 radical (unpaired) electrons. The molecular weight excluding hydrogens is 254 g/mol. The van der Waals surface area contributed by atoms with Crippen LogP contribution < -0.4 is 0 Å². The van der Waals surface area contributed by atoms with Crippen LogP contribution in [0.1, 0.15) is 41.9 Å². The molecule has 2 rings (SSSR count). The summed E-state index contributed by atoms with van der Waals surface area (Å²) in [6, 6.07) is 5.54. The number of hydrogen-bond acceptors (Lipinski definition) is 4. The summed E-state index contributed by atoms with van der Waals surface area (Å²) in [6.07, 6.45) is 3.28. The number of furan rings is 1. The summed E-state index contributed by atoms with van der Waals surface area (Å²) in [4.78, 5) is 16.6. The van der Waals surface area contributed by atoms with Gasteiger partial charge in [-0.3, -0.25) is 0 Å². The number of hydrogen-bond donors (Lipinski definition) is 0. The third kappa shape index (κ3) is 2.90. The Bertz CT molecular complexity index is 588. The lowest BCUT2D eigenvalue weighted by atomic mass is 10.0. The molecule has 2 aromatic rings. The van der Waals surface area contributed by atoms with Crippen LogP contribution in [0.15, 0.2) is 28.9 Å². The number of esters is 1. The second kappa shape index (κ2) is 6.37. The predicted octanol–water partition coefficient (Wildman–Crippen LogP) is 3.78. The molecule has 0 aliphatic heterocycles. The zero-order chi connectivity index (χ0) is 14.5. The molecule has 4 nitrogen and oxygen atoms in total. The Hall–Kier alpha value is -2.10. The molecule has 0 aromatic carbocycles. The van der Waals surface area contributed by atoms with Crippen LogP contribution in [-0.4, -0.2) is 17.6 Å². The highest BCUT2D eigenvalue weighted by Crippen LogP contribution is 2.25. The van der Waals surface area contributed by atoms with Gasteiger partial charge in [0.2, 0.25) is 0 Å². The maximum absolute atomic E-state index is 12.0. The largest absolute Gasteiger partial charge is 0.463 e. The fraction of sp³-hybridized carbons (Fsp3) is 0.375. The van der Waals surface area contributed by atoms with Crippen molar-refractivity contribution >= 4 is 5.97 Å². The van der Waals surface area contributed by atoms with Gasteiger partial charge in [-0.2, -0.15) is 0 Å². The Kier molecular flexibility index (Phi) is 4.56. The quantitative estimate of drug-likeness (QED) is 0.778. The van der Waals surface area contributed by atoms with Crippen LogP contribution in [0.3, 0.4) is 0 Å². The lowest BCUT2D eigenvalue weighted by Crippen LogP contribution is -2.11. The molecular formula is C16H19NO3. The Labute approximate surface area is 118 Å². The fourth-order valence-corrected chi connectivity index (χ4v) is 2.13. The van der Waals surface area contributed by atoms with Gasteiger partial charge in [0.1, 0.15) is 5.69 Å². The highest BCUT2D eigenvalue weighted by Gasteiger charge is 2.18. The van der Waals surface area contributed by atoms with Crippen molar-refractivity contribution in [1.82, 2.24) is 4.98 Å². The summed E-state index contributed by atoms with van der Waals surface area (Å²) in [5, 5.41) is 0. The topological polar surface area (TPSA) is 52.3 Å². The minimum absolute atomic E-state index is 0.308. The van der Waals surface area contributed by atoms with Crippen LogP contribution in [0.2, 0.25) is 0 Å². The first-order valence-corrected chi connectivity index (χ1v) is 6.88. The molecule has 20 heavy (non-hydrogen) atoms. The lowest BCUT2D eigenvalue weighted by Gasteiger charge is -2.11. The molecule has 106 valence electrons. The highest BCUT2D eigenvalue weighted by atomic mass is 16.5. The van der Waals surface area contributed by atoms with Crippen LogP contribution in [0.5, 0.6) is 0 Å². The van der Waals surface area contributed by atoms with Crippen molar-refractivity contribution in [2.75, 3.05) is 6.61 Å². The molecule has 0 unspecified atom stereocenters. The second-order valence-electron chi connectivity index (χ2n) is 4.60. The van der Waals surface area contributed by atoms with Gasteiger partial charge in [0.15, 0.2) is 5.76 Å². The SMILES string of the molecule is CCCc1nc(-c2ccco2)c(C)cc1C(=O)OCC. The fourth-order valence-electron chi connectivity index (χ4n) is 2.13. The molecule has 2 aromatic heterocycles. The maximum atomic E-state index is 12.0. The third-order valence-corrected chi connectivity index (χ3v) is 3.03. The number of aryl methyl sites for hydroxylation is 2. The first-order chi connectivity index (χ1) is 9.67. The normalized spacial score (nSPS) is 10.6. The monoisotopic (exact) mass is 273 g/mol. The minimum atomic E-state index is -0.308. The average molecular weight is 273 g/mol. The number of ether oxygens (including phenoxy) is 1. The zero-order valence-electron chi connectivity index (χ0n) is 12.1. The zero-order valence-corrected chi connectivity index (χ0v) is 12.1. The number of rotatable bonds is 5. The maximum Gasteiger partial charge on any atom is 0.339 e. The van der Waals surface area contributed by atoms with E-state index in [9.17, 15) is 4.79 Å². The van der Waals surface area contributed by atoms with Crippen molar-refractivity contribution in [3.63, 3.8) is 0 Å². The molecule has 2 heterocycles. The molecule has 0 bridgehead atoms. The van der Waals surface area contributed by atoms with Crippen molar-refractivity contribution < 1.29 is 13.9 Å². The van der Waals surface area contributed by atoms with E-state index in [1.165, 1.54) is 0 Å². The summed E-state index contributed by atoms with van der Waals surface area (Å²) in [7, 11) is 0. The van der Waals surface area contributed by atoms with E-state index in [0.717, 1.165) is 35.6 Å². The van der Waals surface area contributed by atoms with Crippen LogP contribution in [0, 0.1) is 6.92 Å². The summed E-state index contributed by atoms with van der Waals surface area (Å²) < 4.78 is 10.5. The lowest BCUT2D eigenvalue weighted by molar-refractivity contribution is 0.0524. The van der Waals surface area contributed by atoms with Crippen LogP contribution in [0.4, 0.5) is 0 Å². The van der Waals surface area contributed by atoms with Gasteiger partial charge in [0, 0.05) is 0 Å². The molecule has 0 saturated carbocycles. The number of carbonyl (C=O) groups is 1. The van der Waals surface area contributed by atoms with Gasteiger partial charge in [-0.25, -0.2) is 9.78 Å². The summed E-state index contributed by atoms with van der Waals surface area (Å²) in [5.41, 5.74) is 3.01. The smallest absolute Gasteiger partial charge is 0.339 e. The summed E-state index contributed by atoms with van der Waals surface area (Å²) in [6.45, 7) is 6.14. The molecule has 4 heteroatoms. The van der Waals surface area contributed by atoms with Crippen molar-refractivity contribution in [3.8, 4) is 11.5 Å². The minimum Gasteiger partial charge on any atom is -0.463 e. The van der Waals surface area contributed by atoms with Crippen LogP contribution >= 0.6 is 0 Å². The summed E-state index contributed by atoms with van der Waals surface area (Å²) >= 11 is 0. The Morgan fingerprint density at radius 2 is 2.20 bits per heavy atom. The summed E-state index contributed by atoms with van der Waals surface area (Å²) in [5.74, 6) is 0.410. The molecule has 0 amide bonds. The van der Waals surface area contributed by atoms with E-state index in [-0.39, 0.29) is 5.97 Å². The molecule has 0 spiro atoms. The van der Waals surface area contributed by atoms with Gasteiger partial charge in [0.25, 0.3) is 0 Å². The van der Waals surface area contributed by atoms with E-state index in [1.54, 1.807) is 13.2 Å². The molecule has 0 N–H and O–H groups in total. The van der Waals surface area contributed by atoms with Crippen molar-refractivity contribution in [2.24, 2.45) is 0 Å². The van der Waals surface area contributed by atoms with Gasteiger partial charge in [-0.05, 0) is 44.0 Å². The van der Waals surface area contributed by atoms with Gasteiger partial charge >= 0.3 is 5.97 Å². The Morgan fingerprint density at radius 3 is 2.80 bits per heavy atom. The Balaban J connectivity index is 2.49. The number of carbonyl (C=O) groups excluding carboxylic acids is 1. The van der Waals surface area contributed by atoms with E-state index in [1.807, 2.05) is 25.1 Å². The first kappa shape index (κ1) is 14.3. The molecule has 0 fully saturated rings. The number of nitrogens with zero attached hydrogens (tertiary/aromatic N) is 1. The molecule has 0 aliphatic carbocycles.